The minimum Gasteiger partial charge on any atom is -0.386 e. The van der Waals surface area contributed by atoms with Crippen molar-refractivity contribution >= 4 is 81.0 Å². The van der Waals surface area contributed by atoms with E-state index in [2.05, 4.69) is 15.4 Å². The van der Waals surface area contributed by atoms with Gasteiger partial charge in [-0.2, -0.15) is 0 Å². The number of alkyl halides is 1. The summed E-state index contributed by atoms with van der Waals surface area (Å²) in [5, 5.41) is 12.7. The Morgan fingerprint density at radius 1 is 0.979 bits per heavy atom. The Morgan fingerprint density at radius 3 is 2.44 bits per heavy atom. The summed E-state index contributed by atoms with van der Waals surface area (Å²) in [5.41, 5.74) is 5.63. The number of hydrogen-bond acceptors (Lipinski definition) is 13. The fourth-order valence-electron chi connectivity index (χ4n) is 6.39. The summed E-state index contributed by atoms with van der Waals surface area (Å²) in [5.74, 6) is 0. The van der Waals surface area contributed by atoms with Gasteiger partial charge < -0.3 is 41.8 Å². The van der Waals surface area contributed by atoms with Crippen LogP contribution in [0.25, 0.3) is 22.1 Å². The predicted molar refractivity (Wildman–Crippen MR) is 170 cm³/mol. The van der Waals surface area contributed by atoms with Crippen LogP contribution in [-0.4, -0.2) is 95.9 Å². The van der Waals surface area contributed by atoms with Crippen LogP contribution in [0.5, 0.6) is 0 Å². The molecule has 4 aliphatic heterocycles. The maximum absolute atomic E-state index is 16.1. The molecular weight excluding hydrogens is 716 g/mol. The molecule has 15 nitrogen and oxygen atoms in total. The molecule has 1 aromatic carbocycles. The first-order chi connectivity index (χ1) is 22.9. The van der Waals surface area contributed by atoms with Gasteiger partial charge >= 0.3 is 0 Å². The Kier molecular flexibility index (Phi) is 8.51. The van der Waals surface area contributed by atoms with E-state index in [1.54, 1.807) is 23.0 Å². The van der Waals surface area contributed by atoms with Gasteiger partial charge in [-0.15, -0.1) is 0 Å². The van der Waals surface area contributed by atoms with Gasteiger partial charge in [0.25, 0.3) is 14.9 Å². The number of imidazole rings is 1. The van der Waals surface area contributed by atoms with Crippen LogP contribution < -0.4 is 5.48 Å². The second kappa shape index (κ2) is 12.3. The van der Waals surface area contributed by atoms with Crippen molar-refractivity contribution in [1.29, 1.82) is 0 Å². The first-order valence-electron chi connectivity index (χ1n) is 14.6. The summed E-state index contributed by atoms with van der Waals surface area (Å²) < 4.78 is 80.1. The van der Waals surface area contributed by atoms with Crippen molar-refractivity contribution in [3.63, 3.8) is 0 Å². The van der Waals surface area contributed by atoms with Gasteiger partial charge in [0.15, 0.2) is 18.6 Å². The first kappa shape index (κ1) is 33.1. The number of hydrogen-bond donors (Lipinski definition) is 2. The molecule has 48 heavy (non-hydrogen) atoms. The zero-order valence-electron chi connectivity index (χ0n) is 24.5. The molecule has 3 saturated heterocycles. The molecule has 0 bridgehead atoms. The van der Waals surface area contributed by atoms with Gasteiger partial charge in [0.05, 0.1) is 52.9 Å². The average molecular weight is 740 g/mol. The Hall–Kier alpha value is -2.04. The van der Waals surface area contributed by atoms with E-state index in [4.69, 9.17) is 70.7 Å². The standard InChI is InChI=1S/C26H24B2Cl2FN5O10P2/c27-47(38)42-9-18-23(21(37)26(44-18)35-7-11-2-4-40-34-14-1-3-32-24(35)19(11)14)46-48(28,39)41-8-17-22(45-47)20(31)25(43-17)36-10-33-15-5-12(29)13(30)6-16(15)36/h1,3,5-7,10,17-18,20-23,25-26,34,37H,2,4,8-9H2/t17-,18-,20?,21+,22+,23?,25-,26-,47?,48?/m1/s1. The number of benzene rings is 1. The van der Waals surface area contributed by atoms with E-state index in [0.717, 1.165) is 10.9 Å². The van der Waals surface area contributed by atoms with E-state index in [-0.39, 0.29) is 10.0 Å². The van der Waals surface area contributed by atoms with E-state index in [1.165, 1.54) is 23.0 Å². The van der Waals surface area contributed by atoms with Crippen molar-refractivity contribution in [2.75, 3.05) is 25.3 Å². The Morgan fingerprint density at radius 2 is 1.67 bits per heavy atom. The summed E-state index contributed by atoms with van der Waals surface area (Å²) in [7, 11) is 2.87. The summed E-state index contributed by atoms with van der Waals surface area (Å²) in [6, 6.07) is 4.72. The molecule has 7 heterocycles. The number of pyridine rings is 1. The summed E-state index contributed by atoms with van der Waals surface area (Å²) in [6.07, 6.45) is -6.64. The number of nitrogens with one attached hydrogen (secondary N) is 1. The van der Waals surface area contributed by atoms with Gasteiger partial charge in [-0.1, -0.05) is 23.2 Å². The van der Waals surface area contributed by atoms with Gasteiger partial charge in [-0.3, -0.25) is 19.4 Å². The third kappa shape index (κ3) is 5.83. The van der Waals surface area contributed by atoms with Crippen LogP contribution in [0.15, 0.2) is 36.9 Å². The Bertz CT molecular complexity index is 2010. The number of aliphatic hydroxyl groups excluding tert-OH is 1. The number of halogens is 3. The van der Waals surface area contributed by atoms with Crippen molar-refractivity contribution in [2.45, 2.75) is 55.6 Å². The molecular formula is C26H24B2Cl2FN5O10P2. The zero-order valence-corrected chi connectivity index (χ0v) is 27.8. The third-order valence-electron chi connectivity index (χ3n) is 8.56. The average Bonchev–Trinajstić information content (AvgIpc) is 3.73. The molecule has 0 saturated carbocycles. The fourth-order valence-corrected chi connectivity index (χ4v) is 8.73. The largest absolute Gasteiger partial charge is 0.386 e. The molecule has 4 radical (unpaired) electrons. The van der Waals surface area contributed by atoms with Crippen molar-refractivity contribution < 1.29 is 51.0 Å². The molecule has 3 aromatic heterocycles. The molecule has 0 amide bonds. The highest BCUT2D eigenvalue weighted by molar-refractivity contribution is 7.79. The second-order valence-electron chi connectivity index (χ2n) is 11.6. The number of fused-ring (bicyclic) bond motifs is 3. The molecule has 250 valence electrons. The molecule has 4 unspecified atom stereocenters. The Labute approximate surface area is 283 Å². The van der Waals surface area contributed by atoms with Crippen LogP contribution >= 0.6 is 38.2 Å². The lowest BCUT2D eigenvalue weighted by Crippen LogP contribution is -2.38. The number of aromatic nitrogens is 4. The number of anilines is 1. The lowest BCUT2D eigenvalue weighted by molar-refractivity contribution is -0.0557. The smallest absolute Gasteiger partial charge is 0.264 e. The van der Waals surface area contributed by atoms with Gasteiger partial charge in [0, 0.05) is 24.2 Å². The maximum Gasteiger partial charge on any atom is 0.264 e. The van der Waals surface area contributed by atoms with Crippen LogP contribution in [0.2, 0.25) is 10.0 Å². The number of aliphatic hydroxyl groups is 1. The van der Waals surface area contributed by atoms with Crippen molar-refractivity contribution in [1.82, 2.24) is 19.1 Å². The van der Waals surface area contributed by atoms with Crippen LogP contribution in [0, 0.1) is 0 Å². The zero-order chi connectivity index (χ0) is 33.5. The van der Waals surface area contributed by atoms with Gasteiger partial charge in [-0.25, -0.2) is 14.4 Å². The molecule has 0 spiro atoms. The third-order valence-corrected chi connectivity index (χ3v) is 11.4. The number of ether oxygens (including phenoxy) is 2. The molecule has 2 N–H and O–H groups in total. The SMILES string of the molecule is [B]P1(=O)OC[C@H]2O[C@@H](n3cnc4cc(Cl)c(Cl)cc43)C(F)[C@H]2OP([B])(=O)OC[C@H]2O[C@@H](n3cc4c5c(ccnc53)NOCC4)[C@@H](O)C2O1. The fraction of sp³-hybridized carbons (Fsp3) is 0.462. The van der Waals surface area contributed by atoms with Crippen LogP contribution in [-0.2, 0) is 48.0 Å². The van der Waals surface area contributed by atoms with E-state index in [9.17, 15) is 14.2 Å². The van der Waals surface area contributed by atoms with Crippen LogP contribution in [0.3, 0.4) is 0 Å². The molecule has 4 aliphatic rings. The second-order valence-corrected chi connectivity index (χ2v) is 15.5. The first-order valence-corrected chi connectivity index (χ1v) is 18.6. The van der Waals surface area contributed by atoms with Crippen LogP contribution in [0.4, 0.5) is 10.1 Å². The lowest BCUT2D eigenvalue weighted by Gasteiger charge is -2.30. The number of nitrogens with zero attached hydrogens (tertiary/aromatic N) is 4. The molecule has 10 atom stereocenters. The molecule has 0 aliphatic carbocycles. The van der Waals surface area contributed by atoms with E-state index in [0.29, 0.717) is 35.4 Å². The monoisotopic (exact) mass is 739 g/mol. The number of rotatable bonds is 2. The topological polar surface area (TPSA) is 167 Å². The minimum absolute atomic E-state index is 0.191. The molecule has 4 aromatic rings. The summed E-state index contributed by atoms with van der Waals surface area (Å²) >= 11 is 12.3. The van der Waals surface area contributed by atoms with Crippen LogP contribution in [0.1, 0.15) is 18.0 Å². The van der Waals surface area contributed by atoms with Gasteiger partial charge in [0.2, 0.25) is 15.1 Å². The predicted octanol–water partition coefficient (Wildman–Crippen LogP) is 4.16. The van der Waals surface area contributed by atoms with Gasteiger partial charge in [0.1, 0.15) is 36.2 Å². The normalized spacial score (nSPS) is 37.3. The summed E-state index contributed by atoms with van der Waals surface area (Å²) in [6.45, 7) is -0.881. The minimum atomic E-state index is -4.55. The highest BCUT2D eigenvalue weighted by atomic mass is 35.5. The highest BCUT2D eigenvalue weighted by Crippen LogP contribution is 2.54. The van der Waals surface area contributed by atoms with E-state index < -0.39 is 77.3 Å². The van der Waals surface area contributed by atoms with Crippen molar-refractivity contribution in [3.8, 4) is 0 Å². The van der Waals surface area contributed by atoms with Gasteiger partial charge in [-0.05, 0) is 23.8 Å². The van der Waals surface area contributed by atoms with Crippen molar-refractivity contribution in [3.05, 3.63) is 52.5 Å². The molecule has 3 fully saturated rings. The lowest BCUT2D eigenvalue weighted by atomic mass is 10.1. The van der Waals surface area contributed by atoms with E-state index in [1.807, 2.05) is 0 Å². The molecule has 8 rings (SSSR count). The Balaban J connectivity index is 1.08. The van der Waals surface area contributed by atoms with Crippen molar-refractivity contribution in [2.24, 2.45) is 0 Å². The quantitative estimate of drug-likeness (QED) is 0.223. The van der Waals surface area contributed by atoms with E-state index >= 15 is 4.39 Å². The maximum atomic E-state index is 16.1. The highest BCUT2D eigenvalue weighted by Gasteiger charge is 2.53. The summed E-state index contributed by atoms with van der Waals surface area (Å²) in [4.78, 5) is 14.1. The molecule has 22 heteroatoms.